The van der Waals surface area contributed by atoms with Crippen molar-refractivity contribution in [3.63, 3.8) is 0 Å². The maximum Gasteiger partial charge on any atom is 0.255 e. The molecular weight excluding hydrogens is 546 g/mol. The molecule has 0 saturated heterocycles. The first-order valence-corrected chi connectivity index (χ1v) is 15.7. The molecule has 0 bridgehead atoms. The summed E-state index contributed by atoms with van der Waals surface area (Å²) >= 11 is 0. The van der Waals surface area contributed by atoms with Crippen LogP contribution in [0.2, 0.25) is 0 Å². The van der Waals surface area contributed by atoms with Crippen LogP contribution in [0.15, 0.2) is 97.1 Å². The molecule has 9 heteroatoms. The number of carbonyl (C=O) groups excluding carboxylic acids is 1. The number of sulfonamides is 1. The van der Waals surface area contributed by atoms with E-state index in [0.29, 0.717) is 17.2 Å². The van der Waals surface area contributed by atoms with Gasteiger partial charge < -0.3 is 10.6 Å². The van der Waals surface area contributed by atoms with Crippen molar-refractivity contribution in [2.24, 2.45) is 0 Å². The summed E-state index contributed by atoms with van der Waals surface area (Å²) in [6.45, 7) is 2.20. The van der Waals surface area contributed by atoms with E-state index in [1.165, 1.54) is 10.6 Å². The third kappa shape index (κ3) is 6.17. The Morgan fingerprint density at radius 2 is 1.62 bits per heavy atom. The summed E-state index contributed by atoms with van der Waals surface area (Å²) in [5, 5.41) is 7.23. The lowest BCUT2D eigenvalue weighted by molar-refractivity contribution is 0.102. The molecule has 42 heavy (non-hydrogen) atoms. The molecule has 1 amide bonds. The zero-order chi connectivity index (χ0) is 29.3. The summed E-state index contributed by atoms with van der Waals surface area (Å²) in [5.74, 6) is 0.212. The first-order valence-electron chi connectivity index (χ1n) is 13.8. The second-order valence-corrected chi connectivity index (χ2v) is 12.6. The van der Waals surface area contributed by atoms with Gasteiger partial charge in [-0.3, -0.25) is 4.79 Å². The Hall–Kier alpha value is -4.60. The van der Waals surface area contributed by atoms with Crippen LogP contribution in [0.25, 0.3) is 22.2 Å². The van der Waals surface area contributed by atoms with Gasteiger partial charge in [-0.05, 0) is 67.3 Å². The second-order valence-electron chi connectivity index (χ2n) is 10.6. The third-order valence-corrected chi connectivity index (χ3v) is 8.60. The average Bonchev–Trinajstić information content (AvgIpc) is 3.82. The molecule has 6 rings (SSSR count). The van der Waals surface area contributed by atoms with E-state index < -0.39 is 10.0 Å². The molecule has 1 aliphatic rings. The van der Waals surface area contributed by atoms with E-state index in [1.54, 1.807) is 12.1 Å². The van der Waals surface area contributed by atoms with Gasteiger partial charge >= 0.3 is 0 Å². The fourth-order valence-corrected chi connectivity index (χ4v) is 6.07. The van der Waals surface area contributed by atoms with Gasteiger partial charge in [-0.15, -0.1) is 0 Å². The highest BCUT2D eigenvalue weighted by Crippen LogP contribution is 2.31. The first-order chi connectivity index (χ1) is 20.2. The zero-order valence-corrected chi connectivity index (χ0v) is 24.2. The molecule has 0 spiro atoms. The van der Waals surface area contributed by atoms with Gasteiger partial charge in [0.2, 0.25) is 16.0 Å². The van der Waals surface area contributed by atoms with E-state index in [0.717, 1.165) is 51.8 Å². The smallest absolute Gasteiger partial charge is 0.255 e. The summed E-state index contributed by atoms with van der Waals surface area (Å²) in [7, 11) is -3.31. The molecule has 5 aromatic rings. The Morgan fingerprint density at radius 1 is 0.905 bits per heavy atom. The van der Waals surface area contributed by atoms with Gasteiger partial charge in [0.15, 0.2) is 0 Å². The van der Waals surface area contributed by atoms with E-state index in [2.05, 4.69) is 10.6 Å². The standard InChI is InChI=1S/C33H31N5O3S/c1-22-12-13-23(21-38(27-18-19-27)42(2,40)41)20-30(22)35-32(39)25-14-16-26(17-15-25)34-33-36-29-11-7-6-10-28(29)31(37-33)24-8-4-3-5-9-24/h3-17,20,27H,18-19,21H2,1-2H3,(H,35,39)(H,34,36,37). The first kappa shape index (κ1) is 27.6. The minimum Gasteiger partial charge on any atom is -0.324 e. The van der Waals surface area contributed by atoms with Crippen LogP contribution < -0.4 is 10.6 Å². The zero-order valence-electron chi connectivity index (χ0n) is 23.4. The Morgan fingerprint density at radius 3 is 2.33 bits per heavy atom. The molecule has 4 aromatic carbocycles. The van der Waals surface area contributed by atoms with Crippen molar-refractivity contribution in [3.05, 3.63) is 114 Å². The van der Waals surface area contributed by atoms with Crippen LogP contribution in [-0.4, -0.2) is 40.9 Å². The van der Waals surface area contributed by atoms with Crippen molar-refractivity contribution in [3.8, 4) is 11.3 Å². The van der Waals surface area contributed by atoms with Gasteiger partial charge in [0.25, 0.3) is 5.91 Å². The van der Waals surface area contributed by atoms with Gasteiger partial charge in [-0.25, -0.2) is 18.4 Å². The predicted molar refractivity (Wildman–Crippen MR) is 167 cm³/mol. The highest BCUT2D eigenvalue weighted by Gasteiger charge is 2.34. The second kappa shape index (κ2) is 11.3. The minimum absolute atomic E-state index is 0.0661. The molecule has 1 saturated carbocycles. The Labute approximate surface area is 245 Å². The molecule has 0 atom stereocenters. The topological polar surface area (TPSA) is 104 Å². The Balaban J connectivity index is 1.18. The average molecular weight is 578 g/mol. The number of nitrogens with one attached hydrogen (secondary N) is 2. The molecule has 0 radical (unpaired) electrons. The maximum atomic E-state index is 13.1. The van der Waals surface area contributed by atoms with Crippen LogP contribution in [0.3, 0.4) is 0 Å². The molecule has 0 unspecified atom stereocenters. The van der Waals surface area contributed by atoms with Crippen molar-refractivity contribution in [1.82, 2.24) is 14.3 Å². The van der Waals surface area contributed by atoms with E-state index >= 15 is 0 Å². The molecule has 1 aromatic heterocycles. The molecule has 8 nitrogen and oxygen atoms in total. The maximum absolute atomic E-state index is 13.1. The normalized spacial score (nSPS) is 13.3. The molecular formula is C33H31N5O3S. The van der Waals surface area contributed by atoms with E-state index in [1.807, 2.05) is 91.9 Å². The number of rotatable bonds is 9. The molecule has 2 N–H and O–H groups in total. The highest BCUT2D eigenvalue weighted by molar-refractivity contribution is 7.88. The SMILES string of the molecule is Cc1ccc(CN(C2CC2)S(C)(=O)=O)cc1NC(=O)c1ccc(Nc2nc(-c3ccccc3)c3ccccc3n2)cc1. The molecule has 1 aliphatic carbocycles. The number of aromatic nitrogens is 2. The summed E-state index contributed by atoms with van der Waals surface area (Å²) < 4.78 is 26.1. The van der Waals surface area contributed by atoms with Gasteiger partial charge in [0, 0.05) is 40.5 Å². The van der Waals surface area contributed by atoms with Crippen LogP contribution in [-0.2, 0) is 16.6 Å². The highest BCUT2D eigenvalue weighted by atomic mass is 32.2. The molecule has 0 aliphatic heterocycles. The van der Waals surface area contributed by atoms with Crippen LogP contribution >= 0.6 is 0 Å². The number of fused-ring (bicyclic) bond motifs is 1. The lowest BCUT2D eigenvalue weighted by atomic mass is 10.1. The Bertz CT molecular complexity index is 1870. The van der Waals surface area contributed by atoms with Crippen molar-refractivity contribution >= 4 is 44.2 Å². The number of nitrogens with zero attached hydrogens (tertiary/aromatic N) is 3. The van der Waals surface area contributed by atoms with Crippen molar-refractivity contribution in [2.75, 3.05) is 16.9 Å². The number of benzene rings is 4. The molecule has 1 fully saturated rings. The summed E-state index contributed by atoms with van der Waals surface area (Å²) in [6.07, 6.45) is 3.01. The number of amides is 1. The van der Waals surface area contributed by atoms with E-state index in [9.17, 15) is 13.2 Å². The van der Waals surface area contributed by atoms with E-state index in [4.69, 9.17) is 9.97 Å². The predicted octanol–water partition coefficient (Wildman–Crippen LogP) is 6.53. The summed E-state index contributed by atoms with van der Waals surface area (Å²) in [6, 6.07) is 30.8. The van der Waals surface area contributed by atoms with Gasteiger partial charge in [0.1, 0.15) is 0 Å². The number of hydrogen-bond donors (Lipinski definition) is 2. The largest absolute Gasteiger partial charge is 0.324 e. The van der Waals surface area contributed by atoms with Crippen LogP contribution in [0.5, 0.6) is 0 Å². The number of aryl methyl sites for hydroxylation is 1. The van der Waals surface area contributed by atoms with Crippen molar-refractivity contribution in [1.29, 1.82) is 0 Å². The number of hydrogen-bond acceptors (Lipinski definition) is 6. The number of anilines is 3. The van der Waals surface area contributed by atoms with Crippen molar-refractivity contribution in [2.45, 2.75) is 32.4 Å². The van der Waals surface area contributed by atoms with Gasteiger partial charge in [0.05, 0.1) is 17.5 Å². The number of carbonyl (C=O) groups is 1. The fourth-order valence-electron chi connectivity index (χ4n) is 4.94. The van der Waals surface area contributed by atoms with E-state index in [-0.39, 0.29) is 18.5 Å². The van der Waals surface area contributed by atoms with Gasteiger partial charge in [-0.1, -0.05) is 60.7 Å². The number of para-hydroxylation sites is 1. The third-order valence-electron chi connectivity index (χ3n) is 7.32. The Kier molecular flexibility index (Phi) is 7.45. The summed E-state index contributed by atoms with van der Waals surface area (Å²) in [4.78, 5) is 22.6. The molecule has 212 valence electrons. The lowest BCUT2D eigenvalue weighted by Crippen LogP contribution is -2.31. The summed E-state index contributed by atoms with van der Waals surface area (Å²) in [5.41, 5.74) is 6.30. The minimum atomic E-state index is -3.31. The fraction of sp³-hybridized carbons (Fsp3) is 0.182. The monoisotopic (exact) mass is 577 g/mol. The lowest BCUT2D eigenvalue weighted by Gasteiger charge is -2.20. The van der Waals surface area contributed by atoms with Crippen molar-refractivity contribution < 1.29 is 13.2 Å². The van der Waals surface area contributed by atoms with Crippen LogP contribution in [0.4, 0.5) is 17.3 Å². The van der Waals surface area contributed by atoms with Crippen LogP contribution in [0.1, 0.15) is 34.3 Å². The quantitative estimate of drug-likeness (QED) is 0.207. The van der Waals surface area contributed by atoms with Crippen LogP contribution in [0, 0.1) is 6.92 Å². The molecule has 1 heterocycles. The van der Waals surface area contributed by atoms with Gasteiger partial charge in [-0.2, -0.15) is 4.31 Å².